The number of hydrogen-bond donors (Lipinski definition) is 3. The van der Waals surface area contributed by atoms with E-state index in [1.807, 2.05) is 0 Å². The molecule has 82 valence electrons. The standard InChI is InChI=1S/C10H10N4O2/c11-8-4-5-3-6(14(15)16)1-2-7(5)9(12)10(8)13/h1-4H,11-13H2. The first-order valence-corrected chi connectivity index (χ1v) is 4.52. The van der Waals surface area contributed by atoms with Crippen LogP contribution in [0.3, 0.4) is 0 Å². The van der Waals surface area contributed by atoms with Crippen LogP contribution in [-0.4, -0.2) is 4.92 Å². The molecule has 0 aliphatic carbocycles. The number of nitrogens with zero attached hydrogens (tertiary/aromatic N) is 1. The Kier molecular flexibility index (Phi) is 2.05. The van der Waals surface area contributed by atoms with E-state index in [0.717, 1.165) is 0 Å². The second kappa shape index (κ2) is 3.27. The van der Waals surface area contributed by atoms with E-state index in [0.29, 0.717) is 27.8 Å². The Morgan fingerprint density at radius 1 is 1.06 bits per heavy atom. The van der Waals surface area contributed by atoms with E-state index < -0.39 is 4.92 Å². The molecule has 16 heavy (non-hydrogen) atoms. The predicted octanol–water partition coefficient (Wildman–Crippen LogP) is 1.49. The third-order valence-electron chi connectivity index (χ3n) is 2.45. The topological polar surface area (TPSA) is 121 Å². The molecule has 0 saturated carbocycles. The van der Waals surface area contributed by atoms with E-state index in [-0.39, 0.29) is 5.69 Å². The molecule has 0 aliphatic rings. The van der Waals surface area contributed by atoms with Crippen molar-refractivity contribution in [2.45, 2.75) is 0 Å². The van der Waals surface area contributed by atoms with Crippen molar-refractivity contribution >= 4 is 33.5 Å². The van der Waals surface area contributed by atoms with Crippen LogP contribution in [0.25, 0.3) is 10.8 Å². The second-order valence-electron chi connectivity index (χ2n) is 3.46. The Balaban J connectivity index is 2.81. The molecule has 0 bridgehead atoms. The largest absolute Gasteiger partial charge is 0.397 e. The summed E-state index contributed by atoms with van der Waals surface area (Å²) in [5, 5.41) is 11.9. The molecule has 6 nitrogen and oxygen atoms in total. The van der Waals surface area contributed by atoms with Gasteiger partial charge in [-0.3, -0.25) is 10.1 Å². The number of benzene rings is 2. The van der Waals surface area contributed by atoms with Gasteiger partial charge in [-0.2, -0.15) is 0 Å². The normalized spacial score (nSPS) is 10.5. The van der Waals surface area contributed by atoms with E-state index in [2.05, 4.69) is 0 Å². The van der Waals surface area contributed by atoms with Gasteiger partial charge in [0.25, 0.3) is 5.69 Å². The fraction of sp³-hybridized carbons (Fsp3) is 0. The van der Waals surface area contributed by atoms with Gasteiger partial charge in [-0.1, -0.05) is 0 Å². The molecule has 0 spiro atoms. The van der Waals surface area contributed by atoms with Gasteiger partial charge in [0.1, 0.15) is 0 Å². The Labute approximate surface area is 90.8 Å². The van der Waals surface area contributed by atoms with Crippen LogP contribution in [0.5, 0.6) is 0 Å². The molecule has 0 aliphatic heterocycles. The second-order valence-corrected chi connectivity index (χ2v) is 3.46. The molecule has 2 rings (SSSR count). The quantitative estimate of drug-likeness (QED) is 0.380. The lowest BCUT2D eigenvalue weighted by molar-refractivity contribution is -0.384. The molecule has 0 atom stereocenters. The number of nitro benzene ring substituents is 1. The molecule has 0 fully saturated rings. The number of nitrogens with two attached hydrogens (primary N) is 3. The predicted molar refractivity (Wildman–Crippen MR) is 63.8 cm³/mol. The minimum Gasteiger partial charge on any atom is -0.397 e. The van der Waals surface area contributed by atoms with Crippen LogP contribution in [0.15, 0.2) is 24.3 Å². The number of nitro groups is 1. The fourth-order valence-electron chi connectivity index (χ4n) is 1.57. The number of anilines is 3. The maximum Gasteiger partial charge on any atom is 0.270 e. The highest BCUT2D eigenvalue weighted by molar-refractivity contribution is 6.03. The molecule has 2 aromatic rings. The molecule has 0 aromatic heterocycles. The molecular weight excluding hydrogens is 208 g/mol. The average Bonchev–Trinajstić information content (AvgIpc) is 2.25. The molecule has 0 unspecified atom stereocenters. The van der Waals surface area contributed by atoms with Crippen molar-refractivity contribution in [3.8, 4) is 0 Å². The number of fused-ring (bicyclic) bond motifs is 1. The van der Waals surface area contributed by atoms with Crippen LogP contribution in [-0.2, 0) is 0 Å². The molecular formula is C10H10N4O2. The summed E-state index contributed by atoms with van der Waals surface area (Å²) in [6.07, 6.45) is 0. The SMILES string of the molecule is Nc1cc2cc([N+](=O)[O-])ccc2c(N)c1N. The van der Waals surface area contributed by atoms with Crippen LogP contribution in [0.1, 0.15) is 0 Å². The zero-order valence-electron chi connectivity index (χ0n) is 8.31. The summed E-state index contributed by atoms with van der Waals surface area (Å²) in [4.78, 5) is 10.1. The summed E-state index contributed by atoms with van der Waals surface area (Å²) in [6.45, 7) is 0. The lowest BCUT2D eigenvalue weighted by Gasteiger charge is -2.08. The van der Waals surface area contributed by atoms with E-state index in [1.165, 1.54) is 12.1 Å². The maximum atomic E-state index is 10.6. The van der Waals surface area contributed by atoms with Crippen molar-refractivity contribution < 1.29 is 4.92 Å². The van der Waals surface area contributed by atoms with E-state index in [4.69, 9.17) is 17.2 Å². The van der Waals surface area contributed by atoms with Gasteiger partial charge in [-0.05, 0) is 17.5 Å². The highest BCUT2D eigenvalue weighted by Crippen LogP contribution is 2.33. The molecule has 2 aromatic carbocycles. The van der Waals surface area contributed by atoms with Gasteiger partial charge in [0.2, 0.25) is 0 Å². The van der Waals surface area contributed by atoms with Crippen LogP contribution < -0.4 is 17.2 Å². The molecule has 0 heterocycles. The highest BCUT2D eigenvalue weighted by Gasteiger charge is 2.10. The van der Waals surface area contributed by atoms with E-state index in [1.54, 1.807) is 12.1 Å². The lowest BCUT2D eigenvalue weighted by atomic mass is 10.1. The van der Waals surface area contributed by atoms with Crippen molar-refractivity contribution in [3.63, 3.8) is 0 Å². The Hall–Kier alpha value is -2.50. The number of non-ortho nitro benzene ring substituents is 1. The first-order chi connectivity index (χ1) is 7.50. The Bertz CT molecular complexity index is 595. The van der Waals surface area contributed by atoms with Crippen molar-refractivity contribution in [3.05, 3.63) is 34.4 Å². The van der Waals surface area contributed by atoms with Gasteiger partial charge in [0, 0.05) is 17.5 Å². The average molecular weight is 218 g/mol. The van der Waals surface area contributed by atoms with Gasteiger partial charge in [-0.15, -0.1) is 0 Å². The van der Waals surface area contributed by atoms with Gasteiger partial charge < -0.3 is 17.2 Å². The smallest absolute Gasteiger partial charge is 0.270 e. The third-order valence-corrected chi connectivity index (χ3v) is 2.45. The Morgan fingerprint density at radius 2 is 1.75 bits per heavy atom. The number of nitrogen functional groups attached to an aromatic ring is 3. The van der Waals surface area contributed by atoms with Crippen molar-refractivity contribution in [2.24, 2.45) is 0 Å². The Morgan fingerprint density at radius 3 is 2.38 bits per heavy atom. The molecule has 0 saturated heterocycles. The third kappa shape index (κ3) is 1.36. The molecule has 6 N–H and O–H groups in total. The summed E-state index contributed by atoms with van der Waals surface area (Å²) in [5.41, 5.74) is 18.0. The zero-order chi connectivity index (χ0) is 11.9. The van der Waals surface area contributed by atoms with Crippen LogP contribution in [0.2, 0.25) is 0 Å². The monoisotopic (exact) mass is 218 g/mol. The van der Waals surface area contributed by atoms with Gasteiger partial charge in [0.05, 0.1) is 22.0 Å². The van der Waals surface area contributed by atoms with Gasteiger partial charge >= 0.3 is 0 Å². The zero-order valence-corrected chi connectivity index (χ0v) is 8.31. The number of hydrogen-bond acceptors (Lipinski definition) is 5. The van der Waals surface area contributed by atoms with E-state index in [9.17, 15) is 10.1 Å². The molecule has 0 amide bonds. The molecule has 6 heteroatoms. The lowest BCUT2D eigenvalue weighted by Crippen LogP contribution is -2.01. The first kappa shape index (κ1) is 10.0. The minimum atomic E-state index is -0.470. The number of rotatable bonds is 1. The van der Waals surface area contributed by atoms with Crippen LogP contribution in [0, 0.1) is 10.1 Å². The van der Waals surface area contributed by atoms with E-state index >= 15 is 0 Å². The van der Waals surface area contributed by atoms with Gasteiger partial charge in [-0.25, -0.2) is 0 Å². The summed E-state index contributed by atoms with van der Waals surface area (Å²) >= 11 is 0. The highest BCUT2D eigenvalue weighted by atomic mass is 16.6. The fourth-order valence-corrected chi connectivity index (χ4v) is 1.57. The summed E-state index contributed by atoms with van der Waals surface area (Å²) in [5.74, 6) is 0. The summed E-state index contributed by atoms with van der Waals surface area (Å²) in [6, 6.07) is 5.95. The molecule has 0 radical (unpaired) electrons. The first-order valence-electron chi connectivity index (χ1n) is 4.52. The summed E-state index contributed by atoms with van der Waals surface area (Å²) in [7, 11) is 0. The minimum absolute atomic E-state index is 0.00364. The van der Waals surface area contributed by atoms with Crippen molar-refractivity contribution in [2.75, 3.05) is 17.2 Å². The van der Waals surface area contributed by atoms with Crippen molar-refractivity contribution in [1.82, 2.24) is 0 Å². The summed E-state index contributed by atoms with van der Waals surface area (Å²) < 4.78 is 0. The van der Waals surface area contributed by atoms with Gasteiger partial charge in [0.15, 0.2) is 0 Å². The van der Waals surface area contributed by atoms with Crippen LogP contribution >= 0.6 is 0 Å². The van der Waals surface area contributed by atoms with Crippen LogP contribution in [0.4, 0.5) is 22.7 Å². The van der Waals surface area contributed by atoms with Crippen molar-refractivity contribution in [1.29, 1.82) is 0 Å². The maximum absolute atomic E-state index is 10.6.